The number of nitrogen functional groups attached to an aromatic ring is 2. The standard InChI is InChI=1S/C26H28N6O8/c27-21-19(23(35)29-17(11-33)25(37)39-13-15-7-3-1-4-8-15)31-22(28)20(32-21)24(36)30-18(12-34)26(38)40-14-16-9-5-2-6-10-16/h1-10,17-18,33-34H,11-14H2,(H2,28,31)(H2,27,32)(H,29,35)(H,30,36)/t17-,18?/m1/s1. The van der Waals surface area contributed by atoms with Gasteiger partial charge in [-0.2, -0.15) is 0 Å². The number of aliphatic hydroxyl groups excluding tert-OH is 2. The fraction of sp³-hybridized carbons (Fsp3) is 0.231. The highest BCUT2D eigenvalue weighted by Gasteiger charge is 2.28. The number of carbonyl (C=O) groups is 4. The molecule has 40 heavy (non-hydrogen) atoms. The van der Waals surface area contributed by atoms with Crippen LogP contribution in [-0.4, -0.2) is 69.2 Å². The van der Waals surface area contributed by atoms with E-state index in [1.165, 1.54) is 0 Å². The van der Waals surface area contributed by atoms with Crippen molar-refractivity contribution >= 4 is 35.4 Å². The van der Waals surface area contributed by atoms with Gasteiger partial charge in [0.15, 0.2) is 35.1 Å². The molecule has 210 valence electrons. The number of aromatic nitrogens is 2. The first-order chi connectivity index (χ1) is 19.2. The van der Waals surface area contributed by atoms with Crippen LogP contribution in [-0.2, 0) is 32.3 Å². The minimum absolute atomic E-state index is 0.0840. The van der Waals surface area contributed by atoms with Crippen molar-refractivity contribution in [1.82, 2.24) is 20.6 Å². The van der Waals surface area contributed by atoms with Crippen molar-refractivity contribution in [2.45, 2.75) is 25.3 Å². The SMILES string of the molecule is Nc1nc(C(=O)N[C@H](CO)C(=O)OCc2ccccc2)c(N)nc1C(=O)NC(CO)C(=O)OCc1ccccc1. The average Bonchev–Trinajstić information content (AvgIpc) is 2.97. The summed E-state index contributed by atoms with van der Waals surface area (Å²) >= 11 is 0. The topological polar surface area (TPSA) is 229 Å². The molecule has 1 unspecified atom stereocenters. The van der Waals surface area contributed by atoms with Gasteiger partial charge in [-0.3, -0.25) is 9.59 Å². The summed E-state index contributed by atoms with van der Waals surface area (Å²) in [5.74, 6) is -4.92. The van der Waals surface area contributed by atoms with Crippen molar-refractivity contribution in [3.8, 4) is 0 Å². The van der Waals surface area contributed by atoms with E-state index in [1.807, 2.05) is 0 Å². The molecule has 0 aliphatic heterocycles. The summed E-state index contributed by atoms with van der Waals surface area (Å²) in [5.41, 5.74) is 12.0. The van der Waals surface area contributed by atoms with E-state index in [1.54, 1.807) is 60.7 Å². The summed E-state index contributed by atoms with van der Waals surface area (Å²) in [4.78, 5) is 57.6. The number of hydrogen-bond donors (Lipinski definition) is 6. The molecule has 0 aliphatic rings. The van der Waals surface area contributed by atoms with Crippen LogP contribution in [0.15, 0.2) is 60.7 Å². The van der Waals surface area contributed by atoms with Crippen molar-refractivity contribution < 1.29 is 38.9 Å². The molecule has 0 bridgehead atoms. The average molecular weight is 553 g/mol. The minimum atomic E-state index is -1.45. The Morgan fingerprint density at radius 1 is 0.675 bits per heavy atom. The molecular formula is C26H28N6O8. The van der Waals surface area contributed by atoms with Crippen LogP contribution in [0.5, 0.6) is 0 Å². The Balaban J connectivity index is 1.62. The van der Waals surface area contributed by atoms with E-state index in [4.69, 9.17) is 20.9 Å². The number of rotatable bonds is 12. The highest BCUT2D eigenvalue weighted by Crippen LogP contribution is 2.14. The highest BCUT2D eigenvalue weighted by molar-refractivity contribution is 6.02. The van der Waals surface area contributed by atoms with Crippen LogP contribution in [0, 0.1) is 0 Å². The lowest BCUT2D eigenvalue weighted by atomic mass is 10.2. The number of nitrogens with one attached hydrogen (secondary N) is 2. The Hall–Kier alpha value is -5.08. The second kappa shape index (κ2) is 14.2. The predicted octanol–water partition coefficient (Wildman–Crippen LogP) is -0.691. The summed E-state index contributed by atoms with van der Waals surface area (Å²) in [7, 11) is 0. The number of nitrogens with two attached hydrogens (primary N) is 2. The lowest BCUT2D eigenvalue weighted by Gasteiger charge is -2.17. The molecule has 0 aliphatic carbocycles. The zero-order valence-corrected chi connectivity index (χ0v) is 21.1. The lowest BCUT2D eigenvalue weighted by Crippen LogP contribution is -2.45. The van der Waals surface area contributed by atoms with Gasteiger partial charge < -0.3 is 41.8 Å². The molecular weight excluding hydrogens is 524 g/mol. The van der Waals surface area contributed by atoms with Crippen LogP contribution in [0.3, 0.4) is 0 Å². The predicted molar refractivity (Wildman–Crippen MR) is 140 cm³/mol. The van der Waals surface area contributed by atoms with E-state index in [2.05, 4.69) is 20.6 Å². The zero-order valence-electron chi connectivity index (χ0n) is 21.1. The van der Waals surface area contributed by atoms with Crippen LogP contribution >= 0.6 is 0 Å². The van der Waals surface area contributed by atoms with E-state index in [9.17, 15) is 29.4 Å². The van der Waals surface area contributed by atoms with Crippen molar-refractivity contribution in [2.75, 3.05) is 24.7 Å². The zero-order chi connectivity index (χ0) is 29.1. The van der Waals surface area contributed by atoms with Crippen LogP contribution in [0.2, 0.25) is 0 Å². The maximum absolute atomic E-state index is 12.7. The number of esters is 2. The van der Waals surface area contributed by atoms with Crippen molar-refractivity contribution in [3.05, 3.63) is 83.2 Å². The molecule has 0 saturated carbocycles. The molecule has 3 rings (SSSR count). The fourth-order valence-corrected chi connectivity index (χ4v) is 3.27. The van der Waals surface area contributed by atoms with Crippen LogP contribution in [0.4, 0.5) is 11.6 Å². The van der Waals surface area contributed by atoms with Gasteiger partial charge in [0.25, 0.3) is 11.8 Å². The fourth-order valence-electron chi connectivity index (χ4n) is 3.27. The molecule has 0 fully saturated rings. The van der Waals surface area contributed by atoms with Gasteiger partial charge >= 0.3 is 11.9 Å². The summed E-state index contributed by atoms with van der Waals surface area (Å²) in [6, 6.07) is 14.6. The van der Waals surface area contributed by atoms with E-state index in [-0.39, 0.29) is 13.2 Å². The number of hydrogen-bond acceptors (Lipinski definition) is 12. The maximum Gasteiger partial charge on any atom is 0.331 e. The molecule has 14 heteroatoms. The third-order valence-corrected chi connectivity index (χ3v) is 5.37. The molecule has 1 heterocycles. The van der Waals surface area contributed by atoms with Gasteiger partial charge in [0.2, 0.25) is 0 Å². The number of benzene rings is 2. The molecule has 0 saturated heterocycles. The minimum Gasteiger partial charge on any atom is -0.459 e. The maximum atomic E-state index is 12.7. The van der Waals surface area contributed by atoms with Crippen molar-refractivity contribution in [2.24, 2.45) is 0 Å². The number of carbonyl (C=O) groups excluding carboxylic acids is 4. The molecule has 2 aromatic carbocycles. The van der Waals surface area contributed by atoms with Crippen LogP contribution < -0.4 is 22.1 Å². The Morgan fingerprint density at radius 2 is 1.02 bits per heavy atom. The van der Waals surface area contributed by atoms with E-state index < -0.39 is 72.1 Å². The first-order valence-electron chi connectivity index (χ1n) is 11.9. The summed E-state index contributed by atoms with van der Waals surface area (Å²) in [6.45, 7) is -1.74. The molecule has 8 N–H and O–H groups in total. The molecule has 3 aromatic rings. The monoisotopic (exact) mass is 552 g/mol. The van der Waals surface area contributed by atoms with Gasteiger partial charge in [-0.05, 0) is 11.1 Å². The molecule has 2 amide bonds. The Morgan fingerprint density at radius 3 is 1.35 bits per heavy atom. The van der Waals surface area contributed by atoms with Gasteiger partial charge in [0, 0.05) is 0 Å². The van der Waals surface area contributed by atoms with Crippen LogP contribution in [0.1, 0.15) is 32.1 Å². The molecule has 14 nitrogen and oxygen atoms in total. The third-order valence-electron chi connectivity index (χ3n) is 5.37. The Kier molecular flexibility index (Phi) is 10.4. The van der Waals surface area contributed by atoms with Crippen molar-refractivity contribution in [1.29, 1.82) is 0 Å². The second-order valence-electron chi connectivity index (χ2n) is 8.30. The van der Waals surface area contributed by atoms with E-state index in [0.29, 0.717) is 11.1 Å². The lowest BCUT2D eigenvalue weighted by molar-refractivity contribution is -0.149. The molecule has 0 spiro atoms. The number of amides is 2. The van der Waals surface area contributed by atoms with Gasteiger partial charge in [0.1, 0.15) is 13.2 Å². The van der Waals surface area contributed by atoms with E-state index >= 15 is 0 Å². The normalized spacial score (nSPS) is 12.1. The number of ether oxygens (including phenoxy) is 2. The van der Waals surface area contributed by atoms with Gasteiger partial charge in [-0.25, -0.2) is 19.6 Å². The third kappa shape index (κ3) is 7.96. The summed E-state index contributed by atoms with van der Waals surface area (Å²) in [6.07, 6.45) is 0. The molecule has 0 radical (unpaired) electrons. The Bertz CT molecular complexity index is 1240. The number of aliphatic hydroxyl groups is 2. The molecule has 1 aromatic heterocycles. The highest BCUT2D eigenvalue weighted by atomic mass is 16.5. The Labute approximate surface area is 228 Å². The largest absolute Gasteiger partial charge is 0.459 e. The second-order valence-corrected chi connectivity index (χ2v) is 8.30. The number of anilines is 2. The van der Waals surface area contributed by atoms with Gasteiger partial charge in [-0.1, -0.05) is 60.7 Å². The van der Waals surface area contributed by atoms with Crippen LogP contribution in [0.25, 0.3) is 0 Å². The molecule has 2 atom stereocenters. The van der Waals surface area contributed by atoms with Crippen molar-refractivity contribution in [3.63, 3.8) is 0 Å². The smallest absolute Gasteiger partial charge is 0.331 e. The number of nitrogens with zero attached hydrogens (tertiary/aromatic N) is 2. The van der Waals surface area contributed by atoms with Gasteiger partial charge in [-0.15, -0.1) is 0 Å². The van der Waals surface area contributed by atoms with Gasteiger partial charge in [0.05, 0.1) is 13.2 Å². The quantitative estimate of drug-likeness (QED) is 0.153. The first kappa shape index (κ1) is 29.5. The summed E-state index contributed by atoms with van der Waals surface area (Å²) < 4.78 is 10.2. The van der Waals surface area contributed by atoms with E-state index in [0.717, 1.165) is 0 Å². The first-order valence-corrected chi connectivity index (χ1v) is 11.9. The summed E-state index contributed by atoms with van der Waals surface area (Å²) in [5, 5.41) is 23.6.